The Balaban J connectivity index is 3.16. The summed E-state index contributed by atoms with van der Waals surface area (Å²) in [7, 11) is -3.90. The van der Waals surface area contributed by atoms with Gasteiger partial charge in [-0.25, -0.2) is 8.42 Å². The number of anilines is 1. The molecule has 0 saturated carbocycles. The van der Waals surface area contributed by atoms with Crippen molar-refractivity contribution in [1.29, 1.82) is 0 Å². The van der Waals surface area contributed by atoms with Gasteiger partial charge < -0.3 is 5.11 Å². The summed E-state index contributed by atoms with van der Waals surface area (Å²) < 4.78 is 25.1. The number of pyridine rings is 1. The summed E-state index contributed by atoms with van der Waals surface area (Å²) in [5.41, 5.74) is 0.413. The molecule has 0 radical (unpaired) electrons. The standard InChI is InChI=1S/C10H14N2O4S/c1-3-12(9-4-6-11-7-5-9)17(15,16)8(2)10(13)14/h4-8H,3H2,1-2H3,(H,13,14). The monoisotopic (exact) mass is 258 g/mol. The number of hydrogen-bond acceptors (Lipinski definition) is 4. The predicted octanol–water partition coefficient (Wildman–Crippen LogP) is 0.711. The molecule has 0 aliphatic rings. The molecule has 0 fully saturated rings. The maximum Gasteiger partial charge on any atom is 0.323 e. The molecule has 0 aliphatic heterocycles. The number of nitrogens with zero attached hydrogens (tertiary/aromatic N) is 2. The lowest BCUT2D eigenvalue weighted by atomic mass is 10.4. The van der Waals surface area contributed by atoms with Crippen LogP contribution < -0.4 is 4.31 Å². The topological polar surface area (TPSA) is 87.6 Å². The average molecular weight is 258 g/mol. The first-order chi connectivity index (χ1) is 7.91. The van der Waals surface area contributed by atoms with E-state index in [0.717, 1.165) is 11.2 Å². The highest BCUT2D eigenvalue weighted by molar-refractivity contribution is 7.94. The third-order valence-corrected chi connectivity index (χ3v) is 4.52. The molecule has 7 heteroatoms. The number of carbonyl (C=O) groups is 1. The van der Waals surface area contributed by atoms with Gasteiger partial charge in [-0.2, -0.15) is 0 Å². The highest BCUT2D eigenvalue weighted by Crippen LogP contribution is 2.19. The third-order valence-electron chi connectivity index (χ3n) is 2.34. The molecule has 1 heterocycles. The number of carboxylic acid groups (broad SMARTS) is 1. The van der Waals surface area contributed by atoms with Gasteiger partial charge in [0.1, 0.15) is 0 Å². The fraction of sp³-hybridized carbons (Fsp3) is 0.400. The van der Waals surface area contributed by atoms with Gasteiger partial charge in [0.15, 0.2) is 5.25 Å². The van der Waals surface area contributed by atoms with Crippen LogP contribution in [-0.4, -0.2) is 36.3 Å². The fourth-order valence-electron chi connectivity index (χ4n) is 1.34. The van der Waals surface area contributed by atoms with Gasteiger partial charge in [-0.3, -0.25) is 14.1 Å². The van der Waals surface area contributed by atoms with E-state index in [4.69, 9.17) is 5.11 Å². The van der Waals surface area contributed by atoms with Crippen LogP contribution in [0.3, 0.4) is 0 Å². The molecule has 0 spiro atoms. The molecule has 1 aromatic rings. The van der Waals surface area contributed by atoms with E-state index in [1.165, 1.54) is 24.5 Å². The maximum atomic E-state index is 12.0. The number of carboxylic acids is 1. The minimum atomic E-state index is -3.90. The van der Waals surface area contributed by atoms with Gasteiger partial charge in [0, 0.05) is 18.9 Å². The number of aromatic nitrogens is 1. The van der Waals surface area contributed by atoms with E-state index < -0.39 is 21.2 Å². The van der Waals surface area contributed by atoms with E-state index >= 15 is 0 Å². The molecule has 1 rings (SSSR count). The first-order valence-corrected chi connectivity index (χ1v) is 6.56. The third kappa shape index (κ3) is 2.73. The molecular formula is C10H14N2O4S. The van der Waals surface area contributed by atoms with Gasteiger partial charge in [-0.05, 0) is 26.0 Å². The lowest BCUT2D eigenvalue weighted by Crippen LogP contribution is -2.41. The van der Waals surface area contributed by atoms with Crippen molar-refractivity contribution in [1.82, 2.24) is 4.98 Å². The van der Waals surface area contributed by atoms with Crippen molar-refractivity contribution in [3.8, 4) is 0 Å². The van der Waals surface area contributed by atoms with Crippen molar-refractivity contribution < 1.29 is 18.3 Å². The maximum absolute atomic E-state index is 12.0. The summed E-state index contributed by atoms with van der Waals surface area (Å²) in [6.45, 7) is 2.97. The summed E-state index contributed by atoms with van der Waals surface area (Å²) in [5, 5.41) is 7.31. The Morgan fingerprint density at radius 2 is 2.00 bits per heavy atom. The molecule has 17 heavy (non-hydrogen) atoms. The molecule has 1 N–H and O–H groups in total. The quantitative estimate of drug-likeness (QED) is 0.840. The van der Waals surface area contributed by atoms with Gasteiger partial charge in [0.05, 0.1) is 5.69 Å². The van der Waals surface area contributed by atoms with Crippen LogP contribution in [0.15, 0.2) is 24.5 Å². The highest BCUT2D eigenvalue weighted by Gasteiger charge is 2.33. The second-order valence-corrected chi connectivity index (χ2v) is 5.57. The zero-order valence-electron chi connectivity index (χ0n) is 9.57. The number of hydrogen-bond donors (Lipinski definition) is 1. The Kier molecular flexibility index (Phi) is 4.06. The predicted molar refractivity (Wildman–Crippen MR) is 63.3 cm³/mol. The molecule has 0 amide bonds. The summed E-state index contributed by atoms with van der Waals surface area (Å²) in [4.78, 5) is 14.6. The molecular weight excluding hydrogens is 244 g/mol. The van der Waals surface area contributed by atoms with E-state index in [1.54, 1.807) is 6.92 Å². The van der Waals surface area contributed by atoms with Gasteiger partial charge in [0.25, 0.3) is 0 Å². The average Bonchev–Trinajstić information content (AvgIpc) is 2.29. The van der Waals surface area contributed by atoms with Crippen LogP contribution in [0.4, 0.5) is 5.69 Å². The largest absolute Gasteiger partial charge is 0.480 e. The van der Waals surface area contributed by atoms with Crippen molar-refractivity contribution in [3.63, 3.8) is 0 Å². The van der Waals surface area contributed by atoms with Crippen molar-refractivity contribution in [2.24, 2.45) is 0 Å². The van der Waals surface area contributed by atoms with Crippen LogP contribution in [0.5, 0.6) is 0 Å². The Labute approximate surface area is 100.0 Å². The first-order valence-electron chi connectivity index (χ1n) is 5.05. The van der Waals surface area contributed by atoms with Gasteiger partial charge in [-0.1, -0.05) is 0 Å². The second kappa shape index (κ2) is 5.13. The molecule has 94 valence electrons. The first kappa shape index (κ1) is 13.4. The van der Waals surface area contributed by atoms with Gasteiger partial charge >= 0.3 is 5.97 Å². The van der Waals surface area contributed by atoms with E-state index in [-0.39, 0.29) is 6.54 Å². The minimum absolute atomic E-state index is 0.171. The Morgan fingerprint density at radius 3 is 2.41 bits per heavy atom. The fourth-order valence-corrected chi connectivity index (χ4v) is 2.75. The Bertz CT molecular complexity index is 486. The summed E-state index contributed by atoms with van der Waals surface area (Å²) in [6.07, 6.45) is 2.91. The zero-order chi connectivity index (χ0) is 13.1. The van der Waals surface area contributed by atoms with Crippen LogP contribution in [0, 0.1) is 0 Å². The summed E-state index contributed by atoms with van der Waals surface area (Å²) >= 11 is 0. The molecule has 0 saturated heterocycles. The van der Waals surface area contributed by atoms with E-state index in [0.29, 0.717) is 5.69 Å². The smallest absolute Gasteiger partial charge is 0.323 e. The Hall–Kier alpha value is -1.63. The Morgan fingerprint density at radius 1 is 1.47 bits per heavy atom. The number of aliphatic carboxylic acids is 1. The van der Waals surface area contributed by atoms with E-state index in [9.17, 15) is 13.2 Å². The normalized spacial score (nSPS) is 13.1. The minimum Gasteiger partial charge on any atom is -0.480 e. The second-order valence-electron chi connectivity index (χ2n) is 3.40. The molecule has 0 bridgehead atoms. The highest BCUT2D eigenvalue weighted by atomic mass is 32.2. The molecule has 6 nitrogen and oxygen atoms in total. The van der Waals surface area contributed by atoms with Crippen molar-refractivity contribution in [2.75, 3.05) is 10.8 Å². The van der Waals surface area contributed by atoms with Crippen LogP contribution >= 0.6 is 0 Å². The summed E-state index contributed by atoms with van der Waals surface area (Å²) in [6, 6.07) is 3.05. The van der Waals surface area contributed by atoms with Crippen LogP contribution in [-0.2, 0) is 14.8 Å². The lowest BCUT2D eigenvalue weighted by molar-refractivity contribution is -0.136. The molecule has 0 aromatic carbocycles. The van der Waals surface area contributed by atoms with E-state index in [1.807, 2.05) is 0 Å². The van der Waals surface area contributed by atoms with Crippen LogP contribution in [0.25, 0.3) is 0 Å². The van der Waals surface area contributed by atoms with Crippen molar-refractivity contribution in [3.05, 3.63) is 24.5 Å². The van der Waals surface area contributed by atoms with E-state index in [2.05, 4.69) is 4.98 Å². The molecule has 1 unspecified atom stereocenters. The SMILES string of the molecule is CCN(c1ccncc1)S(=O)(=O)C(C)C(=O)O. The number of rotatable bonds is 5. The lowest BCUT2D eigenvalue weighted by Gasteiger charge is -2.24. The van der Waals surface area contributed by atoms with Crippen LogP contribution in [0.1, 0.15) is 13.8 Å². The van der Waals surface area contributed by atoms with Crippen LogP contribution in [0.2, 0.25) is 0 Å². The zero-order valence-corrected chi connectivity index (χ0v) is 10.4. The summed E-state index contributed by atoms with van der Waals surface area (Å²) in [5.74, 6) is -1.36. The molecule has 1 atom stereocenters. The van der Waals surface area contributed by atoms with Crippen molar-refractivity contribution in [2.45, 2.75) is 19.1 Å². The van der Waals surface area contributed by atoms with Gasteiger partial charge in [0.2, 0.25) is 10.0 Å². The van der Waals surface area contributed by atoms with Gasteiger partial charge in [-0.15, -0.1) is 0 Å². The number of sulfonamides is 1. The van der Waals surface area contributed by atoms with Crippen molar-refractivity contribution >= 4 is 21.7 Å². The molecule has 0 aliphatic carbocycles. The molecule has 1 aromatic heterocycles.